The maximum absolute atomic E-state index is 12.0. The number of hydrogen-bond acceptors (Lipinski definition) is 3. The lowest BCUT2D eigenvalue weighted by molar-refractivity contribution is -0.150. The van der Waals surface area contributed by atoms with Gasteiger partial charge in [0.15, 0.2) is 5.78 Å². The Labute approximate surface area is 102 Å². The fourth-order valence-electron chi connectivity index (χ4n) is 1.86. The summed E-state index contributed by atoms with van der Waals surface area (Å²) in [6, 6.07) is 3.97. The van der Waals surface area contributed by atoms with Crippen LogP contribution in [0, 0.1) is 0 Å². The van der Waals surface area contributed by atoms with E-state index < -0.39 is 5.60 Å². The first kappa shape index (κ1) is 11.3. The Kier molecular flexibility index (Phi) is 3.28. The van der Waals surface area contributed by atoms with E-state index in [1.54, 1.807) is 18.4 Å². The molecule has 0 saturated heterocycles. The van der Waals surface area contributed by atoms with Crippen LogP contribution < -0.4 is 0 Å². The number of carbonyl (C=O) groups excluding carboxylic acids is 1. The highest BCUT2D eigenvalue weighted by Gasteiger charge is 2.43. The maximum Gasteiger partial charge on any atom is 0.169 e. The van der Waals surface area contributed by atoms with Crippen molar-refractivity contribution in [2.24, 2.45) is 0 Å². The summed E-state index contributed by atoms with van der Waals surface area (Å²) in [5.41, 5.74) is -0.462. The second kappa shape index (κ2) is 4.36. The number of thiophene rings is 1. The Balaban J connectivity index is 2.03. The summed E-state index contributed by atoms with van der Waals surface area (Å²) in [5.74, 6) is 0.227. The summed E-state index contributed by atoms with van der Waals surface area (Å²) in [7, 11) is 1.64. The molecule has 0 radical (unpaired) electrons. The molecule has 1 aliphatic carbocycles. The molecule has 1 fully saturated rings. The Morgan fingerprint density at radius 2 is 2.33 bits per heavy atom. The highest BCUT2D eigenvalue weighted by atomic mass is 79.9. The monoisotopic (exact) mass is 288 g/mol. The molecule has 2 rings (SSSR count). The third kappa shape index (κ3) is 2.17. The molecule has 0 aliphatic heterocycles. The second-order valence-corrected chi connectivity index (χ2v) is 6.41. The SMILES string of the molecule is COC1(C(=O)Cc2ccc(Br)s2)CCC1. The average Bonchev–Trinajstić information content (AvgIpc) is 2.50. The molecule has 0 aromatic carbocycles. The second-order valence-electron chi connectivity index (χ2n) is 3.86. The van der Waals surface area contributed by atoms with E-state index in [1.165, 1.54) is 0 Å². The van der Waals surface area contributed by atoms with Gasteiger partial charge in [0.05, 0.1) is 3.79 Å². The zero-order chi connectivity index (χ0) is 10.9. The van der Waals surface area contributed by atoms with E-state index in [1.807, 2.05) is 12.1 Å². The average molecular weight is 289 g/mol. The molecule has 0 bridgehead atoms. The van der Waals surface area contributed by atoms with Crippen molar-refractivity contribution < 1.29 is 9.53 Å². The third-order valence-corrected chi connectivity index (χ3v) is 4.65. The lowest BCUT2D eigenvalue weighted by atomic mass is 9.76. The summed E-state index contributed by atoms with van der Waals surface area (Å²) in [6.07, 6.45) is 3.38. The number of carbonyl (C=O) groups is 1. The molecular formula is C11H13BrO2S. The first-order valence-corrected chi connectivity index (χ1v) is 6.60. The lowest BCUT2D eigenvalue weighted by Gasteiger charge is -2.38. The molecule has 0 unspecified atom stereocenters. The highest BCUT2D eigenvalue weighted by Crippen LogP contribution is 2.37. The molecule has 1 aromatic heterocycles. The van der Waals surface area contributed by atoms with Gasteiger partial charge in [-0.25, -0.2) is 0 Å². The van der Waals surface area contributed by atoms with Gasteiger partial charge in [-0.3, -0.25) is 4.79 Å². The minimum Gasteiger partial charge on any atom is -0.370 e. The molecule has 0 spiro atoms. The van der Waals surface area contributed by atoms with Gasteiger partial charge in [0.25, 0.3) is 0 Å². The van der Waals surface area contributed by atoms with E-state index >= 15 is 0 Å². The molecule has 1 aliphatic rings. The molecule has 15 heavy (non-hydrogen) atoms. The van der Waals surface area contributed by atoms with Crippen molar-refractivity contribution in [3.63, 3.8) is 0 Å². The molecule has 1 saturated carbocycles. The van der Waals surface area contributed by atoms with Gasteiger partial charge in [-0.1, -0.05) is 0 Å². The van der Waals surface area contributed by atoms with Crippen molar-refractivity contribution in [3.05, 3.63) is 20.8 Å². The predicted octanol–water partition coefficient (Wildman–Crippen LogP) is 3.19. The van der Waals surface area contributed by atoms with Crippen LogP contribution >= 0.6 is 27.3 Å². The van der Waals surface area contributed by atoms with Crippen LogP contribution in [0.25, 0.3) is 0 Å². The third-order valence-electron chi connectivity index (χ3n) is 3.02. The van der Waals surface area contributed by atoms with Crippen molar-refractivity contribution in [2.75, 3.05) is 7.11 Å². The Morgan fingerprint density at radius 3 is 2.73 bits per heavy atom. The van der Waals surface area contributed by atoms with Crippen LogP contribution in [0.1, 0.15) is 24.1 Å². The number of ether oxygens (including phenoxy) is 1. The fraction of sp³-hybridized carbons (Fsp3) is 0.545. The van der Waals surface area contributed by atoms with Gasteiger partial charge in [-0.05, 0) is 47.3 Å². The van der Waals surface area contributed by atoms with E-state index in [4.69, 9.17) is 4.74 Å². The molecule has 82 valence electrons. The van der Waals surface area contributed by atoms with Crippen molar-refractivity contribution in [1.29, 1.82) is 0 Å². The van der Waals surface area contributed by atoms with Crippen LogP contribution in [0.15, 0.2) is 15.9 Å². The maximum atomic E-state index is 12.0. The van der Waals surface area contributed by atoms with E-state index in [0.29, 0.717) is 6.42 Å². The minimum absolute atomic E-state index is 0.227. The first-order chi connectivity index (χ1) is 7.16. The van der Waals surface area contributed by atoms with E-state index in [0.717, 1.165) is 27.9 Å². The van der Waals surface area contributed by atoms with E-state index in [2.05, 4.69) is 15.9 Å². The molecule has 0 atom stereocenters. The number of halogens is 1. The number of ketones is 1. The first-order valence-electron chi connectivity index (χ1n) is 4.99. The van der Waals surface area contributed by atoms with Gasteiger partial charge >= 0.3 is 0 Å². The van der Waals surface area contributed by atoms with Crippen LogP contribution in [0.5, 0.6) is 0 Å². The van der Waals surface area contributed by atoms with E-state index in [-0.39, 0.29) is 5.78 Å². The molecule has 4 heteroatoms. The van der Waals surface area contributed by atoms with Gasteiger partial charge < -0.3 is 4.74 Å². The number of hydrogen-bond donors (Lipinski definition) is 0. The Morgan fingerprint density at radius 1 is 1.60 bits per heavy atom. The fourth-order valence-corrected chi connectivity index (χ4v) is 3.34. The summed E-state index contributed by atoms with van der Waals surface area (Å²) >= 11 is 5.01. The number of rotatable bonds is 4. The smallest absolute Gasteiger partial charge is 0.169 e. The lowest BCUT2D eigenvalue weighted by Crippen LogP contribution is -2.47. The van der Waals surface area contributed by atoms with Crippen molar-refractivity contribution in [3.8, 4) is 0 Å². The molecule has 2 nitrogen and oxygen atoms in total. The van der Waals surface area contributed by atoms with Gasteiger partial charge in [0.2, 0.25) is 0 Å². The van der Waals surface area contributed by atoms with Gasteiger partial charge in [-0.2, -0.15) is 0 Å². The summed E-state index contributed by atoms with van der Waals surface area (Å²) < 4.78 is 6.43. The van der Waals surface area contributed by atoms with Crippen molar-refractivity contribution in [1.82, 2.24) is 0 Å². The van der Waals surface area contributed by atoms with E-state index in [9.17, 15) is 4.79 Å². The summed E-state index contributed by atoms with van der Waals surface area (Å²) in [6.45, 7) is 0. The Bertz CT molecular complexity index is 363. The molecule has 0 amide bonds. The molecule has 0 N–H and O–H groups in total. The van der Waals surface area contributed by atoms with Gasteiger partial charge in [-0.15, -0.1) is 11.3 Å². The van der Waals surface area contributed by atoms with Crippen molar-refractivity contribution in [2.45, 2.75) is 31.3 Å². The number of Topliss-reactive ketones (excluding diaryl/α,β-unsaturated/α-hetero) is 1. The quantitative estimate of drug-likeness (QED) is 0.851. The van der Waals surface area contributed by atoms with Crippen LogP contribution in [0.4, 0.5) is 0 Å². The van der Waals surface area contributed by atoms with Crippen LogP contribution in [-0.4, -0.2) is 18.5 Å². The zero-order valence-electron chi connectivity index (χ0n) is 8.59. The van der Waals surface area contributed by atoms with Gasteiger partial charge in [0.1, 0.15) is 5.60 Å². The molecule has 1 heterocycles. The van der Waals surface area contributed by atoms with Crippen molar-refractivity contribution >= 4 is 33.0 Å². The van der Waals surface area contributed by atoms with Gasteiger partial charge in [0, 0.05) is 18.4 Å². The normalized spacial score (nSPS) is 18.5. The van der Waals surface area contributed by atoms with Crippen LogP contribution in [-0.2, 0) is 16.0 Å². The summed E-state index contributed by atoms with van der Waals surface area (Å²) in [4.78, 5) is 13.1. The van der Waals surface area contributed by atoms with Crippen LogP contribution in [0.2, 0.25) is 0 Å². The molecular weight excluding hydrogens is 276 g/mol. The zero-order valence-corrected chi connectivity index (χ0v) is 11.0. The molecule has 1 aromatic rings. The summed E-state index contributed by atoms with van der Waals surface area (Å²) in [5, 5.41) is 0. The Hall–Kier alpha value is -0.190. The number of methoxy groups -OCH3 is 1. The highest BCUT2D eigenvalue weighted by molar-refractivity contribution is 9.11. The van der Waals surface area contributed by atoms with Crippen LogP contribution in [0.3, 0.4) is 0 Å². The standard InChI is InChI=1S/C11H13BrO2S/c1-14-11(5-2-6-11)9(13)7-8-3-4-10(12)15-8/h3-4H,2,5-7H2,1H3. The topological polar surface area (TPSA) is 26.3 Å². The minimum atomic E-state index is -0.462. The predicted molar refractivity (Wildman–Crippen MR) is 64.3 cm³/mol. The largest absolute Gasteiger partial charge is 0.370 e.